The highest BCUT2D eigenvalue weighted by atomic mass is 32.1. The van der Waals surface area contributed by atoms with Crippen LogP contribution in [0.2, 0.25) is 0 Å². The molecule has 1 heterocycles. The van der Waals surface area contributed by atoms with Crippen molar-refractivity contribution in [1.82, 2.24) is 4.90 Å². The molecule has 0 spiro atoms. The van der Waals surface area contributed by atoms with E-state index in [-0.39, 0.29) is 0 Å². The van der Waals surface area contributed by atoms with E-state index in [0.29, 0.717) is 11.0 Å². The van der Waals surface area contributed by atoms with Crippen LogP contribution in [0.3, 0.4) is 0 Å². The standard InChI is InChI=1S/C15H23N3S/c1-11-9-13(5-6-14(11)15(16)19)17-12(2)10-18-7-3-4-8-18/h5-6,9,12,17H,3-4,7-8,10H2,1-2H3,(H2,16,19). The monoisotopic (exact) mass is 277 g/mol. The van der Waals surface area contributed by atoms with E-state index in [0.717, 1.165) is 23.4 Å². The van der Waals surface area contributed by atoms with Crippen LogP contribution >= 0.6 is 12.2 Å². The molecule has 0 radical (unpaired) electrons. The molecule has 1 unspecified atom stereocenters. The van der Waals surface area contributed by atoms with Crippen molar-refractivity contribution >= 4 is 22.9 Å². The van der Waals surface area contributed by atoms with Crippen molar-refractivity contribution in [3.63, 3.8) is 0 Å². The van der Waals surface area contributed by atoms with Crippen molar-refractivity contribution in [2.24, 2.45) is 5.73 Å². The lowest BCUT2D eigenvalue weighted by Gasteiger charge is -2.22. The van der Waals surface area contributed by atoms with E-state index >= 15 is 0 Å². The Morgan fingerprint density at radius 3 is 2.68 bits per heavy atom. The Kier molecular flexibility index (Phi) is 4.77. The van der Waals surface area contributed by atoms with Gasteiger partial charge in [0.05, 0.1) is 0 Å². The summed E-state index contributed by atoms with van der Waals surface area (Å²) in [4.78, 5) is 2.99. The summed E-state index contributed by atoms with van der Waals surface area (Å²) >= 11 is 5.03. The van der Waals surface area contributed by atoms with Gasteiger partial charge in [0, 0.05) is 23.8 Å². The maximum atomic E-state index is 5.68. The summed E-state index contributed by atoms with van der Waals surface area (Å²) in [6.07, 6.45) is 2.68. The molecule has 104 valence electrons. The van der Waals surface area contributed by atoms with E-state index in [1.807, 2.05) is 13.0 Å². The van der Waals surface area contributed by atoms with Gasteiger partial charge in [0.1, 0.15) is 4.99 Å². The maximum Gasteiger partial charge on any atom is 0.104 e. The Morgan fingerprint density at radius 2 is 2.11 bits per heavy atom. The van der Waals surface area contributed by atoms with Gasteiger partial charge in [-0.15, -0.1) is 0 Å². The fourth-order valence-corrected chi connectivity index (χ4v) is 2.94. The molecule has 0 aliphatic carbocycles. The van der Waals surface area contributed by atoms with Gasteiger partial charge in [0.25, 0.3) is 0 Å². The second kappa shape index (κ2) is 6.35. The van der Waals surface area contributed by atoms with Gasteiger partial charge in [-0.1, -0.05) is 12.2 Å². The van der Waals surface area contributed by atoms with Crippen LogP contribution in [-0.2, 0) is 0 Å². The van der Waals surface area contributed by atoms with Crippen molar-refractivity contribution in [2.45, 2.75) is 32.7 Å². The third kappa shape index (κ3) is 3.91. The third-order valence-corrected chi connectivity index (χ3v) is 3.86. The summed E-state index contributed by atoms with van der Waals surface area (Å²) in [5.41, 5.74) is 8.92. The van der Waals surface area contributed by atoms with Gasteiger partial charge in [0.2, 0.25) is 0 Å². The van der Waals surface area contributed by atoms with Gasteiger partial charge in [-0.3, -0.25) is 0 Å². The van der Waals surface area contributed by atoms with E-state index in [9.17, 15) is 0 Å². The van der Waals surface area contributed by atoms with Crippen LogP contribution in [0.5, 0.6) is 0 Å². The predicted molar refractivity (Wildman–Crippen MR) is 85.8 cm³/mol. The number of nitrogens with two attached hydrogens (primary N) is 1. The van der Waals surface area contributed by atoms with Gasteiger partial charge in [0.15, 0.2) is 0 Å². The van der Waals surface area contributed by atoms with Crippen LogP contribution < -0.4 is 11.1 Å². The molecule has 19 heavy (non-hydrogen) atoms. The molecular formula is C15H23N3S. The average molecular weight is 277 g/mol. The second-order valence-electron chi connectivity index (χ2n) is 5.45. The fraction of sp³-hybridized carbons (Fsp3) is 0.533. The molecule has 4 heteroatoms. The number of thiocarbonyl (C=S) groups is 1. The molecule has 0 amide bonds. The normalized spacial score (nSPS) is 17.4. The molecule has 1 fully saturated rings. The summed E-state index contributed by atoms with van der Waals surface area (Å²) in [7, 11) is 0. The zero-order chi connectivity index (χ0) is 13.8. The van der Waals surface area contributed by atoms with Gasteiger partial charge in [-0.25, -0.2) is 0 Å². The number of likely N-dealkylation sites (tertiary alicyclic amines) is 1. The topological polar surface area (TPSA) is 41.3 Å². The summed E-state index contributed by atoms with van der Waals surface area (Å²) in [5.74, 6) is 0. The highest BCUT2D eigenvalue weighted by Gasteiger charge is 2.14. The zero-order valence-corrected chi connectivity index (χ0v) is 12.6. The van der Waals surface area contributed by atoms with Crippen LogP contribution in [0.25, 0.3) is 0 Å². The number of aryl methyl sites for hydroxylation is 1. The molecule has 1 aliphatic heterocycles. The predicted octanol–water partition coefficient (Wildman–Crippen LogP) is 2.53. The Hall–Kier alpha value is -1.13. The zero-order valence-electron chi connectivity index (χ0n) is 11.8. The largest absolute Gasteiger partial charge is 0.389 e. The SMILES string of the molecule is Cc1cc(NC(C)CN2CCCC2)ccc1C(N)=S. The van der Waals surface area contributed by atoms with Crippen molar-refractivity contribution in [3.8, 4) is 0 Å². The van der Waals surface area contributed by atoms with Crippen molar-refractivity contribution in [1.29, 1.82) is 0 Å². The molecule has 1 aromatic rings. The molecule has 0 saturated carbocycles. The Bertz CT molecular complexity index is 453. The van der Waals surface area contributed by atoms with Gasteiger partial charge >= 0.3 is 0 Å². The van der Waals surface area contributed by atoms with E-state index in [1.165, 1.54) is 25.9 Å². The van der Waals surface area contributed by atoms with E-state index < -0.39 is 0 Å². The average Bonchev–Trinajstić information content (AvgIpc) is 2.81. The summed E-state index contributed by atoms with van der Waals surface area (Å²) in [6.45, 7) is 7.87. The highest BCUT2D eigenvalue weighted by molar-refractivity contribution is 7.80. The lowest BCUT2D eigenvalue weighted by molar-refractivity contribution is 0.328. The quantitative estimate of drug-likeness (QED) is 0.812. The van der Waals surface area contributed by atoms with Crippen LogP contribution in [0, 0.1) is 6.92 Å². The maximum absolute atomic E-state index is 5.68. The van der Waals surface area contributed by atoms with Crippen molar-refractivity contribution < 1.29 is 0 Å². The number of nitrogens with zero attached hydrogens (tertiary/aromatic N) is 1. The highest BCUT2D eigenvalue weighted by Crippen LogP contribution is 2.17. The number of benzene rings is 1. The molecule has 1 aliphatic rings. The number of anilines is 1. The van der Waals surface area contributed by atoms with E-state index in [4.69, 9.17) is 18.0 Å². The van der Waals surface area contributed by atoms with E-state index in [2.05, 4.69) is 29.3 Å². The number of hydrogen-bond acceptors (Lipinski definition) is 3. The van der Waals surface area contributed by atoms with Gasteiger partial charge in [-0.05, 0) is 63.5 Å². The van der Waals surface area contributed by atoms with Crippen LogP contribution in [0.1, 0.15) is 30.9 Å². The van der Waals surface area contributed by atoms with Crippen LogP contribution in [-0.4, -0.2) is 35.6 Å². The lowest BCUT2D eigenvalue weighted by Crippen LogP contribution is -2.33. The smallest absolute Gasteiger partial charge is 0.104 e. The first kappa shape index (κ1) is 14.3. The fourth-order valence-electron chi connectivity index (χ4n) is 2.71. The molecule has 3 N–H and O–H groups in total. The summed E-state index contributed by atoms with van der Waals surface area (Å²) < 4.78 is 0. The Morgan fingerprint density at radius 1 is 1.42 bits per heavy atom. The molecule has 0 aromatic heterocycles. The lowest BCUT2D eigenvalue weighted by atomic mass is 10.1. The minimum atomic E-state index is 0.452. The van der Waals surface area contributed by atoms with Crippen LogP contribution in [0.4, 0.5) is 5.69 Å². The molecule has 1 aromatic carbocycles. The molecule has 1 saturated heterocycles. The second-order valence-corrected chi connectivity index (χ2v) is 5.89. The van der Waals surface area contributed by atoms with Gasteiger partial charge < -0.3 is 16.0 Å². The number of nitrogens with one attached hydrogen (secondary N) is 1. The van der Waals surface area contributed by atoms with Gasteiger partial charge in [-0.2, -0.15) is 0 Å². The first-order valence-electron chi connectivity index (χ1n) is 6.95. The molecule has 1 atom stereocenters. The minimum Gasteiger partial charge on any atom is -0.389 e. The summed E-state index contributed by atoms with van der Waals surface area (Å²) in [5, 5.41) is 3.55. The third-order valence-electron chi connectivity index (χ3n) is 3.64. The number of hydrogen-bond donors (Lipinski definition) is 2. The Labute approximate surface area is 121 Å². The molecular weight excluding hydrogens is 254 g/mol. The first-order valence-corrected chi connectivity index (χ1v) is 7.36. The minimum absolute atomic E-state index is 0.452. The molecule has 0 bridgehead atoms. The first-order chi connectivity index (χ1) is 9.06. The van der Waals surface area contributed by atoms with Crippen LogP contribution in [0.15, 0.2) is 18.2 Å². The molecule has 2 rings (SSSR count). The molecule has 3 nitrogen and oxygen atoms in total. The number of rotatable bonds is 5. The van der Waals surface area contributed by atoms with E-state index in [1.54, 1.807) is 0 Å². The Balaban J connectivity index is 1.94. The van der Waals surface area contributed by atoms with Crippen molar-refractivity contribution in [3.05, 3.63) is 29.3 Å². The van der Waals surface area contributed by atoms with Crippen molar-refractivity contribution in [2.75, 3.05) is 25.0 Å². The summed E-state index contributed by atoms with van der Waals surface area (Å²) in [6, 6.07) is 6.63.